The van der Waals surface area contributed by atoms with Gasteiger partial charge in [0.25, 0.3) is 0 Å². The van der Waals surface area contributed by atoms with E-state index in [0.29, 0.717) is 11.6 Å². The van der Waals surface area contributed by atoms with Crippen LogP contribution in [0.15, 0.2) is 78.9 Å². The van der Waals surface area contributed by atoms with Crippen LogP contribution in [0.1, 0.15) is 36.6 Å². The summed E-state index contributed by atoms with van der Waals surface area (Å²) in [6.07, 6.45) is 0. The lowest BCUT2D eigenvalue weighted by Crippen LogP contribution is -2.44. The first-order valence-electron chi connectivity index (χ1n) is 10.9. The highest BCUT2D eigenvalue weighted by molar-refractivity contribution is 6.31. The fraction of sp³-hybridized carbons (Fsp3) is 0.259. The average molecular weight is 465 g/mol. The summed E-state index contributed by atoms with van der Waals surface area (Å²) in [7, 11) is 1.61. The Hall–Kier alpha value is -3.31. The maximum absolute atomic E-state index is 13.5. The summed E-state index contributed by atoms with van der Waals surface area (Å²) in [5.41, 5.74) is 2.47. The van der Waals surface area contributed by atoms with Gasteiger partial charge in [0.05, 0.1) is 7.11 Å². The predicted molar refractivity (Wildman–Crippen MR) is 131 cm³/mol. The third-order valence-electron chi connectivity index (χ3n) is 5.38. The lowest BCUT2D eigenvalue weighted by molar-refractivity contribution is -0.144. The van der Waals surface area contributed by atoms with Gasteiger partial charge in [-0.15, -0.1) is 0 Å². The quantitative estimate of drug-likeness (QED) is 0.461. The van der Waals surface area contributed by atoms with Crippen molar-refractivity contribution in [2.75, 3.05) is 7.11 Å². The maximum atomic E-state index is 13.5. The van der Waals surface area contributed by atoms with Gasteiger partial charge < -0.3 is 15.0 Å². The second-order valence-corrected chi connectivity index (χ2v) is 8.50. The van der Waals surface area contributed by atoms with Crippen LogP contribution in [-0.2, 0) is 22.7 Å². The van der Waals surface area contributed by atoms with E-state index in [-0.39, 0.29) is 24.3 Å². The molecule has 0 saturated carbocycles. The Morgan fingerprint density at radius 3 is 2.18 bits per heavy atom. The summed E-state index contributed by atoms with van der Waals surface area (Å²) >= 11 is 6.26. The smallest absolute Gasteiger partial charge is 0.247 e. The van der Waals surface area contributed by atoms with Crippen LogP contribution in [0, 0.1) is 5.92 Å². The van der Waals surface area contributed by atoms with E-state index in [1.807, 2.05) is 86.6 Å². The molecule has 0 aromatic heterocycles. The Morgan fingerprint density at radius 2 is 1.58 bits per heavy atom. The molecular formula is C27H29ClN2O3. The van der Waals surface area contributed by atoms with Gasteiger partial charge in [0.15, 0.2) is 0 Å². The summed E-state index contributed by atoms with van der Waals surface area (Å²) in [5, 5.41) is 3.56. The Morgan fingerprint density at radius 1 is 0.939 bits per heavy atom. The Bertz CT molecular complexity index is 1070. The van der Waals surface area contributed by atoms with E-state index in [0.717, 1.165) is 22.4 Å². The molecule has 33 heavy (non-hydrogen) atoms. The Kier molecular flexibility index (Phi) is 8.50. The van der Waals surface area contributed by atoms with Crippen molar-refractivity contribution in [3.8, 4) is 5.75 Å². The van der Waals surface area contributed by atoms with Crippen LogP contribution in [0.2, 0.25) is 5.02 Å². The van der Waals surface area contributed by atoms with E-state index < -0.39 is 6.04 Å². The van der Waals surface area contributed by atoms with Crippen LogP contribution >= 0.6 is 11.6 Å². The van der Waals surface area contributed by atoms with E-state index in [2.05, 4.69) is 5.32 Å². The van der Waals surface area contributed by atoms with Gasteiger partial charge >= 0.3 is 0 Å². The van der Waals surface area contributed by atoms with Crippen molar-refractivity contribution in [1.29, 1.82) is 0 Å². The van der Waals surface area contributed by atoms with E-state index in [1.165, 1.54) is 0 Å². The van der Waals surface area contributed by atoms with Crippen molar-refractivity contribution in [2.45, 2.75) is 33.0 Å². The number of hydrogen-bond donors (Lipinski definition) is 1. The number of hydrogen-bond acceptors (Lipinski definition) is 3. The van der Waals surface area contributed by atoms with Crippen molar-refractivity contribution >= 4 is 23.4 Å². The average Bonchev–Trinajstić information content (AvgIpc) is 2.83. The zero-order chi connectivity index (χ0) is 23.8. The maximum Gasteiger partial charge on any atom is 0.247 e. The van der Waals surface area contributed by atoms with Crippen molar-refractivity contribution in [1.82, 2.24) is 10.2 Å². The molecule has 3 rings (SSSR count). The van der Waals surface area contributed by atoms with E-state index in [9.17, 15) is 9.59 Å². The van der Waals surface area contributed by atoms with Crippen molar-refractivity contribution in [3.05, 3.63) is 101 Å². The van der Waals surface area contributed by atoms with Gasteiger partial charge in [-0.3, -0.25) is 9.59 Å². The molecule has 0 bridgehead atoms. The fourth-order valence-electron chi connectivity index (χ4n) is 3.58. The molecule has 172 valence electrons. The van der Waals surface area contributed by atoms with Crippen LogP contribution in [-0.4, -0.2) is 23.8 Å². The topological polar surface area (TPSA) is 58.6 Å². The zero-order valence-corrected chi connectivity index (χ0v) is 19.9. The summed E-state index contributed by atoms with van der Waals surface area (Å²) in [6, 6.07) is 23.5. The molecule has 0 heterocycles. The van der Waals surface area contributed by atoms with Gasteiger partial charge in [0, 0.05) is 24.0 Å². The minimum atomic E-state index is -0.786. The Labute approximate surface area is 200 Å². The molecule has 1 N–H and O–H groups in total. The molecule has 1 atom stereocenters. The minimum Gasteiger partial charge on any atom is -0.497 e. The number of amides is 2. The molecule has 0 saturated heterocycles. The molecule has 5 nitrogen and oxygen atoms in total. The molecule has 3 aromatic rings. The third kappa shape index (κ3) is 6.36. The molecule has 0 fully saturated rings. The largest absolute Gasteiger partial charge is 0.497 e. The van der Waals surface area contributed by atoms with Gasteiger partial charge in [0.2, 0.25) is 11.8 Å². The van der Waals surface area contributed by atoms with Gasteiger partial charge in [-0.2, -0.15) is 0 Å². The molecule has 0 aliphatic carbocycles. The Balaban J connectivity index is 1.93. The van der Waals surface area contributed by atoms with E-state index >= 15 is 0 Å². The van der Waals surface area contributed by atoms with Gasteiger partial charge in [-0.05, 0) is 34.9 Å². The molecular weight excluding hydrogens is 436 g/mol. The van der Waals surface area contributed by atoms with Crippen molar-refractivity contribution in [2.24, 2.45) is 5.92 Å². The number of benzene rings is 3. The second kappa shape index (κ2) is 11.5. The summed E-state index contributed by atoms with van der Waals surface area (Å²) < 4.78 is 5.24. The lowest BCUT2D eigenvalue weighted by Gasteiger charge is -2.33. The molecule has 6 heteroatoms. The zero-order valence-electron chi connectivity index (χ0n) is 19.1. The molecule has 3 aromatic carbocycles. The minimum absolute atomic E-state index is 0.104. The third-order valence-corrected chi connectivity index (χ3v) is 5.74. The highest BCUT2D eigenvalue weighted by atomic mass is 35.5. The van der Waals surface area contributed by atoms with Crippen LogP contribution in [0.5, 0.6) is 5.75 Å². The molecule has 0 aliphatic rings. The first-order chi connectivity index (χ1) is 15.9. The normalized spacial score (nSPS) is 11.7. The fourth-order valence-corrected chi connectivity index (χ4v) is 3.79. The number of methoxy groups -OCH3 is 1. The van der Waals surface area contributed by atoms with Gasteiger partial charge in [-0.1, -0.05) is 86.1 Å². The number of rotatable bonds is 9. The van der Waals surface area contributed by atoms with Gasteiger partial charge in [0.1, 0.15) is 11.8 Å². The van der Waals surface area contributed by atoms with E-state index in [1.54, 1.807) is 18.1 Å². The molecule has 0 unspecified atom stereocenters. The van der Waals surface area contributed by atoms with Crippen LogP contribution < -0.4 is 10.1 Å². The number of carbonyl (C=O) groups excluding carboxylic acids is 2. The number of halogens is 1. The van der Waals surface area contributed by atoms with E-state index in [4.69, 9.17) is 16.3 Å². The number of nitrogens with one attached hydrogen (secondary N) is 1. The number of carbonyl (C=O) groups is 2. The SMILES string of the molecule is COc1ccc(CN(C(=O)C(C)C)[C@H](C(=O)NCc2ccccc2Cl)c2ccccc2)cc1. The van der Waals surface area contributed by atoms with Crippen LogP contribution in [0.25, 0.3) is 0 Å². The number of nitrogens with zero attached hydrogens (tertiary/aromatic N) is 1. The highest BCUT2D eigenvalue weighted by Crippen LogP contribution is 2.26. The van der Waals surface area contributed by atoms with Crippen molar-refractivity contribution < 1.29 is 14.3 Å². The first kappa shape index (κ1) is 24.3. The lowest BCUT2D eigenvalue weighted by atomic mass is 10.0. The number of ether oxygens (including phenoxy) is 1. The summed E-state index contributed by atoms with van der Waals surface area (Å²) in [6.45, 7) is 4.24. The second-order valence-electron chi connectivity index (χ2n) is 8.09. The van der Waals surface area contributed by atoms with Crippen molar-refractivity contribution in [3.63, 3.8) is 0 Å². The monoisotopic (exact) mass is 464 g/mol. The molecule has 0 radical (unpaired) electrons. The molecule has 0 spiro atoms. The van der Waals surface area contributed by atoms with Crippen LogP contribution in [0.4, 0.5) is 0 Å². The summed E-state index contributed by atoms with van der Waals surface area (Å²) in [4.78, 5) is 28.5. The highest BCUT2D eigenvalue weighted by Gasteiger charge is 2.32. The standard InChI is InChI=1S/C27H29ClN2O3/c1-19(2)27(32)30(18-20-13-15-23(33-3)16-14-20)25(21-9-5-4-6-10-21)26(31)29-17-22-11-7-8-12-24(22)28/h4-16,19,25H,17-18H2,1-3H3,(H,29,31)/t25-/m0/s1. The molecule has 2 amide bonds. The van der Waals surface area contributed by atoms with Crippen LogP contribution in [0.3, 0.4) is 0 Å². The molecule has 0 aliphatic heterocycles. The van der Waals surface area contributed by atoms with Gasteiger partial charge in [-0.25, -0.2) is 0 Å². The summed E-state index contributed by atoms with van der Waals surface area (Å²) in [5.74, 6) is 0.0969. The first-order valence-corrected chi connectivity index (χ1v) is 11.3. The predicted octanol–water partition coefficient (Wildman–Crippen LogP) is 5.39.